The number of aromatic nitrogens is 2. The highest BCUT2D eigenvalue weighted by molar-refractivity contribution is 5.98. The van der Waals surface area contributed by atoms with Crippen LogP contribution < -0.4 is 5.73 Å². The van der Waals surface area contributed by atoms with Gasteiger partial charge in [0.15, 0.2) is 0 Å². The van der Waals surface area contributed by atoms with Crippen molar-refractivity contribution in [1.82, 2.24) is 9.78 Å². The first kappa shape index (κ1) is 14.2. The molecule has 0 bridgehead atoms. The zero-order valence-electron chi connectivity index (χ0n) is 11.3. The van der Waals surface area contributed by atoms with Gasteiger partial charge in [-0.3, -0.25) is 9.48 Å². The smallest absolute Gasteiger partial charge is 0.252 e. The van der Waals surface area contributed by atoms with Crippen molar-refractivity contribution in [3.05, 3.63) is 41.8 Å². The van der Waals surface area contributed by atoms with Crippen LogP contribution in [0.5, 0.6) is 0 Å². The van der Waals surface area contributed by atoms with E-state index in [1.807, 2.05) is 0 Å². The highest BCUT2D eigenvalue weighted by atomic mass is 19.1. The molecule has 0 saturated carbocycles. The number of hydrogen-bond acceptors (Lipinski definition) is 3. The lowest BCUT2D eigenvalue weighted by molar-refractivity contribution is 0.100. The number of carbonyl (C=O) groups is 1. The molecule has 1 amide bonds. The number of carbonyl (C=O) groups excluding carboxylic acids is 1. The molecule has 20 heavy (non-hydrogen) atoms. The maximum Gasteiger partial charge on any atom is 0.252 e. The van der Waals surface area contributed by atoms with Crippen LogP contribution >= 0.6 is 0 Å². The van der Waals surface area contributed by atoms with Crippen LogP contribution in [0.25, 0.3) is 11.3 Å². The van der Waals surface area contributed by atoms with Crippen molar-refractivity contribution >= 4 is 5.91 Å². The Morgan fingerprint density at radius 3 is 2.50 bits per heavy atom. The lowest BCUT2D eigenvalue weighted by Gasteiger charge is -2.25. The molecule has 2 aromatic rings. The van der Waals surface area contributed by atoms with Gasteiger partial charge in [0.1, 0.15) is 5.82 Å². The fraction of sp³-hybridized carbons (Fsp3) is 0.286. The molecule has 0 radical (unpaired) electrons. The number of aliphatic hydroxyl groups is 1. The highest BCUT2D eigenvalue weighted by Crippen LogP contribution is 2.28. The molecule has 0 atom stereocenters. The van der Waals surface area contributed by atoms with Gasteiger partial charge in [-0.05, 0) is 38.1 Å². The minimum atomic E-state index is -0.711. The molecular weight excluding hydrogens is 261 g/mol. The van der Waals surface area contributed by atoms with E-state index < -0.39 is 11.4 Å². The largest absolute Gasteiger partial charge is 0.394 e. The van der Waals surface area contributed by atoms with Crippen molar-refractivity contribution in [2.24, 2.45) is 5.73 Å². The number of rotatable bonds is 4. The summed E-state index contributed by atoms with van der Waals surface area (Å²) in [5.41, 5.74) is 5.95. The summed E-state index contributed by atoms with van der Waals surface area (Å²) < 4.78 is 14.6. The lowest BCUT2D eigenvalue weighted by atomic mass is 10.0. The van der Waals surface area contributed by atoms with Crippen LogP contribution in [0.3, 0.4) is 0 Å². The van der Waals surface area contributed by atoms with Gasteiger partial charge in [0.2, 0.25) is 0 Å². The summed E-state index contributed by atoms with van der Waals surface area (Å²) in [4.78, 5) is 11.5. The molecule has 5 nitrogen and oxygen atoms in total. The van der Waals surface area contributed by atoms with Gasteiger partial charge in [0.05, 0.1) is 29.6 Å². The van der Waals surface area contributed by atoms with Gasteiger partial charge < -0.3 is 10.8 Å². The van der Waals surface area contributed by atoms with E-state index in [0.29, 0.717) is 11.3 Å². The van der Waals surface area contributed by atoms with E-state index in [1.165, 1.54) is 23.0 Å². The van der Waals surface area contributed by atoms with Gasteiger partial charge >= 0.3 is 0 Å². The molecule has 0 aliphatic heterocycles. The molecule has 2 rings (SSSR count). The van der Waals surface area contributed by atoms with E-state index in [4.69, 9.17) is 5.73 Å². The SMILES string of the molecule is CC(C)(CO)n1ncc(C(N)=O)c1-c1ccc(F)cc1. The molecule has 106 valence electrons. The van der Waals surface area contributed by atoms with E-state index in [9.17, 15) is 14.3 Å². The number of aliphatic hydroxyl groups excluding tert-OH is 1. The normalized spacial score (nSPS) is 11.6. The van der Waals surface area contributed by atoms with E-state index in [-0.39, 0.29) is 18.0 Å². The van der Waals surface area contributed by atoms with Gasteiger partial charge in [0, 0.05) is 5.56 Å². The summed E-state index contributed by atoms with van der Waals surface area (Å²) in [6.07, 6.45) is 1.36. The average molecular weight is 277 g/mol. The number of benzene rings is 1. The van der Waals surface area contributed by atoms with Gasteiger partial charge in [-0.15, -0.1) is 0 Å². The second-order valence-electron chi connectivity index (χ2n) is 5.16. The average Bonchev–Trinajstić information content (AvgIpc) is 2.85. The Bertz CT molecular complexity index is 632. The Hall–Kier alpha value is -2.21. The maximum absolute atomic E-state index is 13.0. The molecule has 0 saturated heterocycles. The van der Waals surface area contributed by atoms with E-state index in [0.717, 1.165) is 0 Å². The third-order valence-electron chi connectivity index (χ3n) is 3.11. The quantitative estimate of drug-likeness (QED) is 0.889. The third kappa shape index (κ3) is 2.42. The van der Waals surface area contributed by atoms with Crippen LogP contribution in [-0.2, 0) is 5.54 Å². The Kier molecular flexibility index (Phi) is 3.59. The molecule has 0 aliphatic rings. The zero-order chi connectivity index (χ0) is 14.9. The first-order chi connectivity index (χ1) is 9.36. The lowest BCUT2D eigenvalue weighted by Crippen LogP contribution is -2.32. The van der Waals surface area contributed by atoms with Crippen LogP contribution in [0.1, 0.15) is 24.2 Å². The predicted octanol–water partition coefficient (Wildman–Crippen LogP) is 1.52. The summed E-state index contributed by atoms with van der Waals surface area (Å²) >= 11 is 0. The third-order valence-corrected chi connectivity index (χ3v) is 3.11. The number of halogens is 1. The first-order valence-electron chi connectivity index (χ1n) is 6.12. The van der Waals surface area contributed by atoms with E-state index >= 15 is 0 Å². The van der Waals surface area contributed by atoms with Crippen molar-refractivity contribution in [3.8, 4) is 11.3 Å². The Morgan fingerprint density at radius 2 is 2.00 bits per heavy atom. The minimum Gasteiger partial charge on any atom is -0.394 e. The van der Waals surface area contributed by atoms with Crippen LogP contribution in [-0.4, -0.2) is 27.4 Å². The van der Waals surface area contributed by atoms with Gasteiger partial charge in [-0.25, -0.2) is 4.39 Å². The van der Waals surface area contributed by atoms with Crippen molar-refractivity contribution in [1.29, 1.82) is 0 Å². The van der Waals surface area contributed by atoms with Crippen LogP contribution in [0.4, 0.5) is 4.39 Å². The summed E-state index contributed by atoms with van der Waals surface area (Å²) in [5, 5.41) is 13.6. The number of nitrogens with two attached hydrogens (primary N) is 1. The molecule has 0 aliphatic carbocycles. The molecule has 0 unspecified atom stereocenters. The predicted molar refractivity (Wildman–Crippen MR) is 72.5 cm³/mol. The van der Waals surface area contributed by atoms with Crippen molar-refractivity contribution < 1.29 is 14.3 Å². The van der Waals surface area contributed by atoms with Crippen LogP contribution in [0, 0.1) is 5.82 Å². The molecule has 1 heterocycles. The Labute approximate surface area is 115 Å². The summed E-state index contributed by atoms with van der Waals surface area (Å²) in [5.74, 6) is -0.994. The molecule has 1 aromatic carbocycles. The second kappa shape index (κ2) is 5.05. The summed E-state index contributed by atoms with van der Waals surface area (Å²) in [6, 6.07) is 5.68. The van der Waals surface area contributed by atoms with Crippen molar-refractivity contribution in [2.75, 3.05) is 6.61 Å². The highest BCUT2D eigenvalue weighted by Gasteiger charge is 2.27. The minimum absolute atomic E-state index is 0.166. The van der Waals surface area contributed by atoms with E-state index in [2.05, 4.69) is 5.10 Å². The topological polar surface area (TPSA) is 81.1 Å². The fourth-order valence-corrected chi connectivity index (χ4v) is 1.94. The van der Waals surface area contributed by atoms with Gasteiger partial charge in [-0.1, -0.05) is 0 Å². The van der Waals surface area contributed by atoms with Crippen LogP contribution in [0.2, 0.25) is 0 Å². The van der Waals surface area contributed by atoms with Gasteiger partial charge in [-0.2, -0.15) is 5.10 Å². The zero-order valence-corrected chi connectivity index (χ0v) is 11.3. The van der Waals surface area contributed by atoms with Crippen molar-refractivity contribution in [2.45, 2.75) is 19.4 Å². The first-order valence-corrected chi connectivity index (χ1v) is 6.12. The number of amides is 1. The standard InChI is InChI=1S/C14H16FN3O2/c1-14(2,8-19)18-12(11(7-17-18)13(16)20)9-3-5-10(15)6-4-9/h3-7,19H,8H2,1-2H3,(H2,16,20). The summed E-state index contributed by atoms with van der Waals surface area (Å²) in [7, 11) is 0. The van der Waals surface area contributed by atoms with Crippen LogP contribution in [0.15, 0.2) is 30.5 Å². The molecular formula is C14H16FN3O2. The second-order valence-corrected chi connectivity index (χ2v) is 5.16. The molecule has 1 aromatic heterocycles. The maximum atomic E-state index is 13.0. The number of hydrogen-bond donors (Lipinski definition) is 2. The summed E-state index contributed by atoms with van der Waals surface area (Å²) in [6.45, 7) is 3.39. The molecule has 6 heteroatoms. The van der Waals surface area contributed by atoms with Gasteiger partial charge in [0.25, 0.3) is 5.91 Å². The fourth-order valence-electron chi connectivity index (χ4n) is 1.94. The molecule has 0 fully saturated rings. The van der Waals surface area contributed by atoms with Crippen molar-refractivity contribution in [3.63, 3.8) is 0 Å². The monoisotopic (exact) mass is 277 g/mol. The number of nitrogens with zero attached hydrogens (tertiary/aromatic N) is 2. The Morgan fingerprint density at radius 1 is 1.40 bits per heavy atom. The number of primary amides is 1. The molecule has 0 spiro atoms. The molecule has 3 N–H and O–H groups in total. The Balaban J connectivity index is 2.67. The van der Waals surface area contributed by atoms with E-state index in [1.54, 1.807) is 26.0 Å².